The Bertz CT molecular complexity index is 1280. The van der Waals surface area contributed by atoms with Gasteiger partial charge >= 0.3 is 11.9 Å². The van der Waals surface area contributed by atoms with Crippen molar-refractivity contribution in [3.8, 4) is 0 Å². The molecule has 8 heteroatoms. The number of hydrogen-bond donors (Lipinski definition) is 2. The Morgan fingerprint density at radius 1 is 0.705 bits per heavy atom. The molecular formula is C53H99N3O4S. The molecule has 7 nitrogen and oxygen atoms in total. The molecule has 356 valence electrons. The van der Waals surface area contributed by atoms with Gasteiger partial charge in [-0.1, -0.05) is 167 Å². The second kappa shape index (κ2) is 43.4. The Morgan fingerprint density at radius 2 is 1.16 bits per heavy atom. The second-order valence-electron chi connectivity index (χ2n) is 20.0. The highest BCUT2D eigenvalue weighted by molar-refractivity contribution is 7.09. The van der Waals surface area contributed by atoms with Crippen molar-refractivity contribution in [3.05, 3.63) is 83.1 Å². The molecule has 0 atom stereocenters. The van der Waals surface area contributed by atoms with E-state index in [0.29, 0.717) is 12.3 Å². The lowest BCUT2D eigenvalue weighted by Crippen LogP contribution is -2.24. The first-order chi connectivity index (χ1) is 28.1. The fourth-order valence-corrected chi connectivity index (χ4v) is 4.90. The zero-order valence-corrected chi connectivity index (χ0v) is 44.3. The van der Waals surface area contributed by atoms with Crippen molar-refractivity contribution in [1.29, 1.82) is 0 Å². The third-order valence-electron chi connectivity index (χ3n) is 6.81. The number of carbonyl (C=O) groups excluding carboxylic acids is 1. The normalized spacial score (nSPS) is 10.3. The summed E-state index contributed by atoms with van der Waals surface area (Å²) in [7, 11) is 0. The number of carboxylic acids is 1. The molecule has 3 rings (SSSR count). The summed E-state index contributed by atoms with van der Waals surface area (Å²) in [4.78, 5) is 26.2. The summed E-state index contributed by atoms with van der Waals surface area (Å²) in [6, 6.07) is 10.6. The monoisotopic (exact) mass is 874 g/mol. The van der Waals surface area contributed by atoms with Crippen molar-refractivity contribution in [3.63, 3.8) is 0 Å². The molecule has 1 aromatic carbocycles. The number of nitrogens with zero attached hydrogens (tertiary/aromatic N) is 2. The average Bonchev–Trinajstić information content (AvgIpc) is 3.79. The van der Waals surface area contributed by atoms with Gasteiger partial charge in [-0.3, -0.25) is 19.7 Å². The molecule has 0 saturated heterocycles. The largest absolute Gasteiger partial charge is 0.481 e. The van der Waals surface area contributed by atoms with E-state index >= 15 is 0 Å². The molecule has 0 fully saturated rings. The van der Waals surface area contributed by atoms with E-state index in [2.05, 4.69) is 149 Å². The molecule has 0 radical (unpaired) electrons. The second-order valence-corrected chi connectivity index (χ2v) is 21.0. The van der Waals surface area contributed by atoms with Crippen LogP contribution in [-0.4, -0.2) is 37.8 Å². The van der Waals surface area contributed by atoms with Crippen molar-refractivity contribution < 1.29 is 19.4 Å². The zero-order chi connectivity index (χ0) is 48.6. The third kappa shape index (κ3) is 71.6. The van der Waals surface area contributed by atoms with Gasteiger partial charge in [-0.2, -0.15) is 5.10 Å². The van der Waals surface area contributed by atoms with Crippen molar-refractivity contribution in [2.24, 2.45) is 47.3 Å². The number of esters is 1. The van der Waals surface area contributed by atoms with Crippen LogP contribution in [0.4, 0.5) is 0 Å². The number of thiazole rings is 1. The van der Waals surface area contributed by atoms with Crippen molar-refractivity contribution in [2.75, 3.05) is 0 Å². The number of aliphatic carboxylic acids is 1. The molecular weight excluding hydrogens is 775 g/mol. The molecule has 0 bridgehead atoms. The number of nitrogens with one attached hydrogen (secondary N) is 1. The van der Waals surface area contributed by atoms with Gasteiger partial charge < -0.3 is 9.84 Å². The van der Waals surface area contributed by atoms with Gasteiger partial charge in [0.25, 0.3) is 0 Å². The Labute approximate surface area is 382 Å². The van der Waals surface area contributed by atoms with E-state index in [4.69, 9.17) is 9.84 Å². The lowest BCUT2D eigenvalue weighted by atomic mass is 10.0. The number of benzene rings is 1. The number of allylic oxidation sites excluding steroid dienone is 1. The molecule has 0 aliphatic heterocycles. The predicted octanol–water partition coefficient (Wildman–Crippen LogP) is 16.3. The Morgan fingerprint density at radius 3 is 1.43 bits per heavy atom. The standard InChI is InChI=1S/C10H14.C9H18O2.C7H12N2.C7H11NS.C6H12.C5H10O2.C5H12.C4H10/c1-9(2)8-10-6-4-3-5-7-10;1-7(2)6-8(10)11-9(3,4)5;1-6(2)3-7-4-8-9-5-7;1-6(2)3-7-4-8-5-9-7;1-4-5-6(2)3;1-4(2)3-5(6)7;1-4-5(2)3;1-4(2)3/h3-7,9H,8H2,1-2H3;7H,6H2,1-5H3;4-6H,3H2,1-2H3,(H,8,9);4-6H,3H2,1-2H3;4,6H,1,5H2,2-3H3;4H,3H2,1-2H3,(H,6,7);5H,4H2,1-3H3;4H,1-3H3. The molecule has 0 aliphatic carbocycles. The summed E-state index contributed by atoms with van der Waals surface area (Å²) in [6.45, 7) is 47.9. The first kappa shape index (κ1) is 66.8. The van der Waals surface area contributed by atoms with Crippen LogP contribution in [0.3, 0.4) is 0 Å². The van der Waals surface area contributed by atoms with Gasteiger partial charge in [0.1, 0.15) is 5.60 Å². The van der Waals surface area contributed by atoms with E-state index in [-0.39, 0.29) is 23.9 Å². The number of carbonyl (C=O) groups is 2. The Balaban J connectivity index is -0.000000199. The maximum absolute atomic E-state index is 11.0. The molecule has 2 aromatic heterocycles. The van der Waals surface area contributed by atoms with E-state index in [0.717, 1.165) is 48.3 Å². The number of rotatable bonds is 13. The van der Waals surface area contributed by atoms with Gasteiger partial charge in [0.05, 0.1) is 11.7 Å². The molecule has 2 N–H and O–H groups in total. The van der Waals surface area contributed by atoms with Crippen molar-refractivity contribution in [2.45, 2.75) is 196 Å². The maximum atomic E-state index is 11.0. The van der Waals surface area contributed by atoms with Gasteiger partial charge in [0.2, 0.25) is 0 Å². The first-order valence-corrected chi connectivity index (χ1v) is 23.9. The molecule has 61 heavy (non-hydrogen) atoms. The summed E-state index contributed by atoms with van der Waals surface area (Å²) < 4.78 is 5.11. The van der Waals surface area contributed by atoms with E-state index in [9.17, 15) is 9.59 Å². The van der Waals surface area contributed by atoms with Crippen molar-refractivity contribution >= 4 is 23.3 Å². The number of hydrogen-bond acceptors (Lipinski definition) is 6. The summed E-state index contributed by atoms with van der Waals surface area (Å²) in [6.07, 6.45) is 14.4. The van der Waals surface area contributed by atoms with Crippen molar-refractivity contribution in [1.82, 2.24) is 15.2 Å². The van der Waals surface area contributed by atoms with Crippen LogP contribution in [-0.2, 0) is 33.6 Å². The Hall–Kier alpha value is -3.26. The molecule has 0 unspecified atom stereocenters. The van der Waals surface area contributed by atoms with E-state index < -0.39 is 5.97 Å². The Kier molecular flexibility index (Phi) is 47.5. The van der Waals surface area contributed by atoms with Gasteiger partial charge in [-0.05, 0) is 105 Å². The summed E-state index contributed by atoms with van der Waals surface area (Å²) in [5.41, 5.74) is 4.28. The van der Waals surface area contributed by atoms with E-state index in [1.165, 1.54) is 35.3 Å². The highest BCUT2D eigenvalue weighted by atomic mass is 32.1. The minimum atomic E-state index is -0.713. The highest BCUT2D eigenvalue weighted by Gasteiger charge is 2.16. The predicted molar refractivity (Wildman–Crippen MR) is 270 cm³/mol. The van der Waals surface area contributed by atoms with Crippen LogP contribution in [0.1, 0.15) is 187 Å². The summed E-state index contributed by atoms with van der Waals surface area (Å²) in [5, 5.41) is 14.7. The van der Waals surface area contributed by atoms with Crippen LogP contribution in [0.2, 0.25) is 0 Å². The quantitative estimate of drug-likeness (QED) is 0.131. The third-order valence-corrected chi connectivity index (χ3v) is 7.61. The molecule has 0 spiro atoms. The first-order valence-electron chi connectivity index (χ1n) is 23.0. The number of H-pyrrole nitrogens is 1. The van der Waals surface area contributed by atoms with Crippen LogP contribution in [0, 0.1) is 47.3 Å². The maximum Gasteiger partial charge on any atom is 0.306 e. The molecule has 0 aliphatic rings. The molecule has 3 aromatic rings. The zero-order valence-electron chi connectivity index (χ0n) is 43.5. The average molecular weight is 874 g/mol. The lowest BCUT2D eigenvalue weighted by molar-refractivity contribution is -0.155. The van der Waals surface area contributed by atoms with E-state index in [1.807, 2.05) is 78.6 Å². The summed E-state index contributed by atoms with van der Waals surface area (Å²) >= 11 is 1.74. The lowest BCUT2D eigenvalue weighted by Gasteiger charge is -2.19. The minimum absolute atomic E-state index is 0.104. The highest BCUT2D eigenvalue weighted by Crippen LogP contribution is 2.12. The van der Waals surface area contributed by atoms with Crippen LogP contribution in [0.15, 0.2) is 67.1 Å². The number of ether oxygens (including phenoxy) is 1. The molecule has 0 amide bonds. The molecule has 0 saturated carbocycles. The number of aromatic amines is 1. The number of aromatic nitrogens is 3. The minimum Gasteiger partial charge on any atom is -0.481 e. The topological polar surface area (TPSA) is 105 Å². The summed E-state index contributed by atoms with van der Waals surface area (Å²) in [5.74, 6) is 4.58. The van der Waals surface area contributed by atoms with Crippen LogP contribution in [0.5, 0.6) is 0 Å². The van der Waals surface area contributed by atoms with Crippen LogP contribution < -0.4 is 0 Å². The number of carboxylic acid groups (broad SMARTS) is 1. The van der Waals surface area contributed by atoms with E-state index in [1.54, 1.807) is 11.3 Å². The fraction of sp³-hybridized carbons (Fsp3) is 0.698. The van der Waals surface area contributed by atoms with Crippen LogP contribution >= 0.6 is 11.3 Å². The molecule has 2 heterocycles. The van der Waals surface area contributed by atoms with Gasteiger partial charge in [-0.15, -0.1) is 17.9 Å². The van der Waals surface area contributed by atoms with Gasteiger partial charge in [0, 0.05) is 30.1 Å². The van der Waals surface area contributed by atoms with Crippen LogP contribution in [0.25, 0.3) is 0 Å². The fourth-order valence-electron chi connectivity index (χ4n) is 4.09. The van der Waals surface area contributed by atoms with Gasteiger partial charge in [-0.25, -0.2) is 0 Å². The smallest absolute Gasteiger partial charge is 0.306 e. The van der Waals surface area contributed by atoms with Gasteiger partial charge in [0.15, 0.2) is 0 Å². The SMILES string of the molecule is C=CCC(C)C.CC(C)C.CC(C)CC(=O)O.CC(C)CC(=O)OC(C)(C)C.CC(C)Cc1ccccc1.CC(C)Cc1cn[nH]c1.CC(C)Cc1cncs1.CCC(C)C.